The number of guanidine groups is 1. The van der Waals surface area contributed by atoms with Crippen molar-refractivity contribution in [2.75, 3.05) is 13.1 Å². The zero-order valence-electron chi connectivity index (χ0n) is 6.97. The van der Waals surface area contributed by atoms with E-state index in [4.69, 9.17) is 5.73 Å². The van der Waals surface area contributed by atoms with Gasteiger partial charge >= 0.3 is 0 Å². The van der Waals surface area contributed by atoms with Crippen molar-refractivity contribution in [3.63, 3.8) is 0 Å². The van der Waals surface area contributed by atoms with Crippen LogP contribution in [0.2, 0.25) is 0 Å². The van der Waals surface area contributed by atoms with Crippen molar-refractivity contribution in [3.8, 4) is 0 Å². The molecule has 3 heteroatoms. The van der Waals surface area contributed by atoms with Crippen LogP contribution >= 0.6 is 0 Å². The van der Waals surface area contributed by atoms with Crippen molar-refractivity contribution in [2.45, 2.75) is 32.1 Å². The zero-order chi connectivity index (χ0) is 7.94. The summed E-state index contributed by atoms with van der Waals surface area (Å²) in [4.78, 5) is 4.17. The van der Waals surface area contributed by atoms with Gasteiger partial charge in [-0.2, -0.15) is 0 Å². The van der Waals surface area contributed by atoms with Crippen LogP contribution in [0.3, 0.4) is 0 Å². The van der Waals surface area contributed by atoms with Crippen LogP contribution in [0.5, 0.6) is 0 Å². The Balaban J connectivity index is 2.27. The molecule has 0 aromatic heterocycles. The predicted molar refractivity (Wildman–Crippen MR) is 47.6 cm³/mol. The minimum absolute atomic E-state index is 0.618. The number of nitrogens with one attached hydrogen (secondary N) is 1. The van der Waals surface area contributed by atoms with E-state index in [1.807, 2.05) is 0 Å². The van der Waals surface area contributed by atoms with E-state index in [1.165, 1.54) is 32.1 Å². The Morgan fingerprint density at radius 2 is 1.82 bits per heavy atom. The topological polar surface area (TPSA) is 50.4 Å². The molecule has 0 aromatic carbocycles. The van der Waals surface area contributed by atoms with E-state index in [9.17, 15) is 0 Å². The summed E-state index contributed by atoms with van der Waals surface area (Å²) in [5.74, 6) is 0.618. The van der Waals surface area contributed by atoms with Crippen molar-refractivity contribution in [3.05, 3.63) is 0 Å². The second-order valence-electron chi connectivity index (χ2n) is 2.96. The Labute approximate surface area is 68.1 Å². The molecule has 3 nitrogen and oxygen atoms in total. The predicted octanol–water partition coefficient (Wildman–Crippen LogP) is 0.855. The molecule has 1 aliphatic rings. The molecule has 0 bridgehead atoms. The van der Waals surface area contributed by atoms with Crippen molar-refractivity contribution in [1.82, 2.24) is 5.32 Å². The summed E-state index contributed by atoms with van der Waals surface area (Å²) < 4.78 is 0. The normalized spacial score (nSPS) is 21.6. The van der Waals surface area contributed by atoms with Crippen molar-refractivity contribution < 1.29 is 0 Å². The number of hydrogen-bond acceptors (Lipinski definition) is 3. The number of aliphatic imine (C=N–C) groups is 1. The van der Waals surface area contributed by atoms with Crippen LogP contribution < -0.4 is 11.1 Å². The molecule has 3 N–H and O–H groups in total. The summed E-state index contributed by atoms with van der Waals surface area (Å²) in [6.07, 6.45) is 6.37. The lowest BCUT2D eigenvalue weighted by Crippen LogP contribution is -2.32. The molecule has 0 aromatic rings. The smallest absolute Gasteiger partial charge is 0.188 e. The van der Waals surface area contributed by atoms with Crippen LogP contribution in [0.1, 0.15) is 32.1 Å². The van der Waals surface area contributed by atoms with Gasteiger partial charge in [-0.05, 0) is 12.8 Å². The molecule has 0 saturated heterocycles. The van der Waals surface area contributed by atoms with Crippen molar-refractivity contribution >= 4 is 5.96 Å². The van der Waals surface area contributed by atoms with Gasteiger partial charge in [0.05, 0.1) is 0 Å². The van der Waals surface area contributed by atoms with Gasteiger partial charge < -0.3 is 11.1 Å². The van der Waals surface area contributed by atoms with Crippen LogP contribution in [-0.4, -0.2) is 19.0 Å². The highest BCUT2D eigenvalue weighted by molar-refractivity contribution is 5.77. The highest BCUT2D eigenvalue weighted by Gasteiger charge is 1.95. The van der Waals surface area contributed by atoms with Crippen LogP contribution in [-0.2, 0) is 0 Å². The standard InChI is InChI=1S/C8H17N3/c9-8-10-6-4-2-1-3-5-7-11-8/h1-7H2,(H3,9,10,11). The van der Waals surface area contributed by atoms with Gasteiger partial charge in [0.1, 0.15) is 0 Å². The lowest BCUT2D eigenvalue weighted by atomic mass is 10.1. The molecular formula is C8H17N3. The van der Waals surface area contributed by atoms with Crippen LogP contribution in [0.25, 0.3) is 0 Å². The van der Waals surface area contributed by atoms with Gasteiger partial charge in [0, 0.05) is 13.1 Å². The number of nitrogens with two attached hydrogens (primary N) is 1. The maximum Gasteiger partial charge on any atom is 0.188 e. The van der Waals surface area contributed by atoms with E-state index in [0.29, 0.717) is 5.96 Å². The SMILES string of the molecule is NC1=NCCCCCCCN1. The van der Waals surface area contributed by atoms with Gasteiger partial charge in [-0.1, -0.05) is 19.3 Å². The number of hydrogen-bond donors (Lipinski definition) is 2. The molecule has 1 heterocycles. The first kappa shape index (κ1) is 8.37. The van der Waals surface area contributed by atoms with Crippen LogP contribution in [0, 0.1) is 0 Å². The Kier molecular flexibility index (Phi) is 3.80. The number of rotatable bonds is 0. The Morgan fingerprint density at radius 1 is 1.09 bits per heavy atom. The summed E-state index contributed by atoms with van der Waals surface area (Å²) >= 11 is 0. The fourth-order valence-electron chi connectivity index (χ4n) is 1.24. The summed E-state index contributed by atoms with van der Waals surface area (Å²) in [6.45, 7) is 1.87. The highest BCUT2D eigenvalue weighted by Crippen LogP contribution is 2.03. The lowest BCUT2D eigenvalue weighted by Gasteiger charge is -2.07. The van der Waals surface area contributed by atoms with E-state index < -0.39 is 0 Å². The second-order valence-corrected chi connectivity index (χ2v) is 2.96. The van der Waals surface area contributed by atoms with Crippen molar-refractivity contribution in [1.29, 1.82) is 0 Å². The molecule has 1 rings (SSSR count). The summed E-state index contributed by atoms with van der Waals surface area (Å²) in [6, 6.07) is 0. The first-order valence-electron chi connectivity index (χ1n) is 4.43. The quantitative estimate of drug-likeness (QED) is 0.545. The zero-order valence-corrected chi connectivity index (χ0v) is 6.97. The molecule has 0 fully saturated rings. The minimum atomic E-state index is 0.618. The second kappa shape index (κ2) is 4.99. The fraction of sp³-hybridized carbons (Fsp3) is 0.875. The Hall–Kier alpha value is -0.730. The van der Waals surface area contributed by atoms with Gasteiger partial charge in [-0.25, -0.2) is 0 Å². The van der Waals surface area contributed by atoms with Crippen LogP contribution in [0.4, 0.5) is 0 Å². The molecule has 0 unspecified atom stereocenters. The monoisotopic (exact) mass is 155 g/mol. The molecule has 0 amide bonds. The highest BCUT2D eigenvalue weighted by atomic mass is 15.1. The van der Waals surface area contributed by atoms with E-state index >= 15 is 0 Å². The summed E-state index contributed by atoms with van der Waals surface area (Å²) in [7, 11) is 0. The third-order valence-corrected chi connectivity index (χ3v) is 1.92. The Morgan fingerprint density at radius 3 is 2.73 bits per heavy atom. The van der Waals surface area contributed by atoms with E-state index in [1.54, 1.807) is 0 Å². The van der Waals surface area contributed by atoms with Gasteiger partial charge in [0.15, 0.2) is 5.96 Å². The average molecular weight is 155 g/mol. The third-order valence-electron chi connectivity index (χ3n) is 1.92. The molecular weight excluding hydrogens is 138 g/mol. The minimum Gasteiger partial charge on any atom is -0.370 e. The van der Waals surface area contributed by atoms with E-state index in [2.05, 4.69) is 10.3 Å². The maximum absolute atomic E-state index is 5.56. The van der Waals surface area contributed by atoms with Gasteiger partial charge in [-0.15, -0.1) is 0 Å². The first-order chi connectivity index (χ1) is 5.39. The molecule has 11 heavy (non-hydrogen) atoms. The third kappa shape index (κ3) is 3.86. The van der Waals surface area contributed by atoms with Gasteiger partial charge in [0.2, 0.25) is 0 Å². The van der Waals surface area contributed by atoms with E-state index in [0.717, 1.165) is 13.1 Å². The molecule has 0 radical (unpaired) electrons. The largest absolute Gasteiger partial charge is 0.370 e. The molecule has 0 spiro atoms. The molecule has 64 valence electrons. The summed E-state index contributed by atoms with van der Waals surface area (Å²) in [5, 5.41) is 3.08. The van der Waals surface area contributed by atoms with Crippen molar-refractivity contribution in [2.24, 2.45) is 10.7 Å². The Bertz CT molecular complexity index is 131. The van der Waals surface area contributed by atoms with E-state index in [-0.39, 0.29) is 0 Å². The molecule has 0 aliphatic carbocycles. The molecule has 0 saturated carbocycles. The van der Waals surface area contributed by atoms with Crippen LogP contribution in [0.15, 0.2) is 4.99 Å². The fourth-order valence-corrected chi connectivity index (χ4v) is 1.24. The average Bonchev–Trinajstić information content (AvgIpc) is 2.03. The van der Waals surface area contributed by atoms with Gasteiger partial charge in [-0.3, -0.25) is 4.99 Å². The number of nitrogens with zero attached hydrogens (tertiary/aromatic N) is 1. The maximum atomic E-state index is 5.56. The lowest BCUT2D eigenvalue weighted by molar-refractivity contribution is 0.601. The molecule has 0 atom stereocenters. The molecule has 1 aliphatic heterocycles. The summed E-state index contributed by atoms with van der Waals surface area (Å²) in [5.41, 5.74) is 5.56. The van der Waals surface area contributed by atoms with Gasteiger partial charge in [0.25, 0.3) is 0 Å². The first-order valence-corrected chi connectivity index (χ1v) is 4.43.